The second kappa shape index (κ2) is 11.9. The number of pyridine rings is 1. The highest BCUT2D eigenvalue weighted by atomic mass is 16.5. The third-order valence-corrected chi connectivity index (χ3v) is 8.25. The number of aromatic nitrogens is 3. The van der Waals surface area contributed by atoms with E-state index in [4.69, 9.17) is 25.2 Å². The average Bonchev–Trinajstić information content (AvgIpc) is 3.46. The largest absolute Gasteiger partial charge is 0.494 e. The molecular weight excluding hydrogens is 544 g/mol. The molecule has 1 aromatic carbocycles. The Hall–Kier alpha value is -4.12. The standard InChI is InChI=1S/C32H44N8O3/c1-19(2)43-30(41)22-16-34-31(37-29(22)40-18-32(4,5)28-25(40)12-11-20(3)35-28)36-24-14-23(33)26(15-27(24)42-8)39(7)17-21-10-9-13-38(21)6/h11-12,14-16,19,21H,9-10,13,17-18,33H2,1-8H3,(H,34,36,37)/t21-/m0/s1. The Labute approximate surface area is 254 Å². The van der Waals surface area contributed by atoms with Crippen molar-refractivity contribution in [2.24, 2.45) is 0 Å². The fraction of sp³-hybridized carbons (Fsp3) is 0.500. The summed E-state index contributed by atoms with van der Waals surface area (Å²) in [6.45, 7) is 12.5. The number of likely N-dealkylation sites (tertiary alicyclic amines) is 1. The SMILES string of the molecule is COc1cc(N(C)C[C@@H]2CCCN2C)c(N)cc1Nc1ncc(C(=O)OC(C)C)c(N2CC(C)(C)c3nc(C)ccc32)n1. The summed E-state index contributed by atoms with van der Waals surface area (Å²) in [4.78, 5) is 34.0. The van der Waals surface area contributed by atoms with E-state index in [1.807, 2.05) is 49.9 Å². The fourth-order valence-corrected chi connectivity index (χ4v) is 6.00. The number of benzene rings is 1. The first-order chi connectivity index (χ1) is 20.4. The van der Waals surface area contributed by atoms with Gasteiger partial charge in [-0.2, -0.15) is 4.98 Å². The van der Waals surface area contributed by atoms with Gasteiger partial charge >= 0.3 is 5.97 Å². The molecular formula is C32H44N8O3. The summed E-state index contributed by atoms with van der Waals surface area (Å²) in [6, 6.07) is 8.27. The summed E-state index contributed by atoms with van der Waals surface area (Å²) in [5, 5.41) is 3.29. The average molecular weight is 589 g/mol. The maximum atomic E-state index is 13.2. The first kappa shape index (κ1) is 30.3. The molecule has 0 aliphatic carbocycles. The number of carbonyl (C=O) groups is 1. The molecule has 0 spiro atoms. The summed E-state index contributed by atoms with van der Waals surface area (Å²) in [7, 11) is 5.85. The van der Waals surface area contributed by atoms with Crippen LogP contribution in [0.25, 0.3) is 0 Å². The second-order valence-corrected chi connectivity index (χ2v) is 12.6. The van der Waals surface area contributed by atoms with Crippen molar-refractivity contribution < 1.29 is 14.3 Å². The van der Waals surface area contributed by atoms with Crippen molar-refractivity contribution in [2.45, 2.75) is 65.0 Å². The van der Waals surface area contributed by atoms with E-state index in [1.54, 1.807) is 7.11 Å². The van der Waals surface area contributed by atoms with Crippen molar-refractivity contribution in [1.82, 2.24) is 19.9 Å². The van der Waals surface area contributed by atoms with Crippen LogP contribution in [-0.2, 0) is 10.2 Å². The highest BCUT2D eigenvalue weighted by molar-refractivity contribution is 5.96. The molecule has 0 saturated carbocycles. The number of anilines is 6. The van der Waals surface area contributed by atoms with Gasteiger partial charge in [-0.1, -0.05) is 13.8 Å². The van der Waals surface area contributed by atoms with Crippen LogP contribution in [0.3, 0.4) is 0 Å². The molecule has 11 nitrogen and oxygen atoms in total. The van der Waals surface area contributed by atoms with Gasteiger partial charge in [-0.15, -0.1) is 0 Å². The molecule has 1 atom stereocenters. The number of nitrogens with zero attached hydrogens (tertiary/aromatic N) is 6. The number of hydrogen-bond donors (Lipinski definition) is 2. The molecule has 3 N–H and O–H groups in total. The Balaban J connectivity index is 1.50. The second-order valence-electron chi connectivity index (χ2n) is 12.6. The lowest BCUT2D eigenvalue weighted by Crippen LogP contribution is -2.36. The number of nitrogens with one attached hydrogen (secondary N) is 1. The smallest absolute Gasteiger partial charge is 0.343 e. The maximum absolute atomic E-state index is 13.2. The van der Waals surface area contributed by atoms with Crippen LogP contribution in [0.2, 0.25) is 0 Å². The van der Waals surface area contributed by atoms with E-state index in [-0.39, 0.29) is 17.1 Å². The number of ether oxygens (including phenoxy) is 2. The van der Waals surface area contributed by atoms with Crippen LogP contribution in [0.1, 0.15) is 62.3 Å². The lowest BCUT2D eigenvalue weighted by molar-refractivity contribution is 0.0378. The third-order valence-electron chi connectivity index (χ3n) is 8.25. The molecule has 2 aliphatic heterocycles. The normalized spacial score (nSPS) is 17.7. The van der Waals surface area contributed by atoms with Gasteiger partial charge in [0.05, 0.1) is 41.7 Å². The number of aryl methyl sites for hydroxylation is 1. The third kappa shape index (κ3) is 6.17. The molecule has 1 fully saturated rings. The summed E-state index contributed by atoms with van der Waals surface area (Å²) in [6.07, 6.45) is 3.61. The number of methoxy groups -OCH3 is 1. The molecule has 0 bridgehead atoms. The number of carbonyl (C=O) groups excluding carboxylic acids is 1. The van der Waals surface area contributed by atoms with E-state index in [1.165, 1.54) is 19.0 Å². The summed E-state index contributed by atoms with van der Waals surface area (Å²) < 4.78 is 11.3. The monoisotopic (exact) mass is 588 g/mol. The first-order valence-corrected chi connectivity index (χ1v) is 14.9. The zero-order valence-corrected chi connectivity index (χ0v) is 26.6. The zero-order valence-electron chi connectivity index (χ0n) is 26.6. The molecule has 4 heterocycles. The van der Waals surface area contributed by atoms with Gasteiger partial charge in [0.1, 0.15) is 11.3 Å². The minimum atomic E-state index is -0.481. The topological polar surface area (TPSA) is 122 Å². The number of likely N-dealkylation sites (N-methyl/N-ethyl adjacent to an activating group) is 2. The van der Waals surface area contributed by atoms with E-state index in [2.05, 4.69) is 48.0 Å². The predicted molar refractivity (Wildman–Crippen MR) is 171 cm³/mol. The highest BCUT2D eigenvalue weighted by Crippen LogP contribution is 2.44. The predicted octanol–water partition coefficient (Wildman–Crippen LogP) is 5.04. The van der Waals surface area contributed by atoms with Gasteiger partial charge in [0.25, 0.3) is 0 Å². The van der Waals surface area contributed by atoms with Gasteiger partial charge in [0, 0.05) is 49.6 Å². The quantitative estimate of drug-likeness (QED) is 0.258. The van der Waals surface area contributed by atoms with Crippen LogP contribution in [-0.4, -0.2) is 78.8 Å². The molecule has 0 unspecified atom stereocenters. The number of rotatable bonds is 9. The van der Waals surface area contributed by atoms with Gasteiger partial charge in [0.2, 0.25) is 5.95 Å². The number of nitrogen functional groups attached to an aromatic ring is 1. The molecule has 43 heavy (non-hydrogen) atoms. The van der Waals surface area contributed by atoms with Gasteiger partial charge < -0.3 is 35.2 Å². The van der Waals surface area contributed by atoms with Crippen molar-refractivity contribution in [3.63, 3.8) is 0 Å². The van der Waals surface area contributed by atoms with E-state index in [0.717, 1.165) is 35.9 Å². The molecule has 1 saturated heterocycles. The van der Waals surface area contributed by atoms with Crippen molar-refractivity contribution in [3.8, 4) is 5.75 Å². The van der Waals surface area contributed by atoms with Crippen molar-refractivity contribution in [3.05, 3.63) is 47.4 Å². The van der Waals surface area contributed by atoms with Crippen LogP contribution in [0, 0.1) is 6.92 Å². The summed E-state index contributed by atoms with van der Waals surface area (Å²) in [5.74, 6) is 0.875. The Morgan fingerprint density at radius 1 is 1.26 bits per heavy atom. The van der Waals surface area contributed by atoms with E-state index < -0.39 is 5.97 Å². The molecule has 2 aromatic heterocycles. The Bertz CT molecular complexity index is 1510. The molecule has 3 aromatic rings. The molecule has 11 heteroatoms. The van der Waals surface area contributed by atoms with E-state index in [0.29, 0.717) is 41.5 Å². The fourth-order valence-electron chi connectivity index (χ4n) is 6.00. The number of hydrogen-bond acceptors (Lipinski definition) is 11. The van der Waals surface area contributed by atoms with E-state index >= 15 is 0 Å². The van der Waals surface area contributed by atoms with Crippen molar-refractivity contribution >= 4 is 40.5 Å². The molecule has 230 valence electrons. The van der Waals surface area contributed by atoms with Gasteiger partial charge in [-0.3, -0.25) is 4.98 Å². The van der Waals surface area contributed by atoms with Gasteiger partial charge in [-0.25, -0.2) is 9.78 Å². The molecule has 2 aliphatic rings. The van der Waals surface area contributed by atoms with Gasteiger partial charge in [0.15, 0.2) is 5.82 Å². The molecule has 0 amide bonds. The molecule has 5 rings (SSSR count). The minimum absolute atomic E-state index is 0.258. The van der Waals surface area contributed by atoms with E-state index in [9.17, 15) is 4.79 Å². The van der Waals surface area contributed by atoms with Crippen LogP contribution < -0.4 is 25.6 Å². The van der Waals surface area contributed by atoms with Crippen LogP contribution in [0.15, 0.2) is 30.5 Å². The number of esters is 1. The minimum Gasteiger partial charge on any atom is -0.494 e. The van der Waals surface area contributed by atoms with Gasteiger partial charge in [-0.05, 0) is 65.4 Å². The Morgan fingerprint density at radius 2 is 2.02 bits per heavy atom. The Morgan fingerprint density at radius 3 is 2.70 bits per heavy atom. The van der Waals surface area contributed by atoms with Crippen LogP contribution in [0.5, 0.6) is 5.75 Å². The molecule has 0 radical (unpaired) electrons. The zero-order chi connectivity index (χ0) is 31.1. The number of fused-ring (bicyclic) bond motifs is 1. The summed E-state index contributed by atoms with van der Waals surface area (Å²) in [5.41, 5.74) is 11.5. The maximum Gasteiger partial charge on any atom is 0.343 e. The first-order valence-electron chi connectivity index (χ1n) is 14.9. The lowest BCUT2D eigenvalue weighted by Gasteiger charge is -2.29. The lowest BCUT2D eigenvalue weighted by atomic mass is 9.91. The van der Waals surface area contributed by atoms with Crippen LogP contribution in [0.4, 0.5) is 34.5 Å². The highest BCUT2D eigenvalue weighted by Gasteiger charge is 2.39. The van der Waals surface area contributed by atoms with Crippen LogP contribution >= 0.6 is 0 Å². The van der Waals surface area contributed by atoms with Crippen molar-refractivity contribution in [2.75, 3.05) is 61.7 Å². The number of nitrogens with two attached hydrogens (primary N) is 1. The summed E-state index contributed by atoms with van der Waals surface area (Å²) >= 11 is 0. The van der Waals surface area contributed by atoms with Crippen molar-refractivity contribution in [1.29, 1.82) is 0 Å². The Kier molecular flexibility index (Phi) is 8.38.